The summed E-state index contributed by atoms with van der Waals surface area (Å²) in [5, 5.41) is 17.1. The van der Waals surface area contributed by atoms with Gasteiger partial charge in [-0.3, -0.25) is 9.52 Å². The molecule has 1 atom stereocenters. The van der Waals surface area contributed by atoms with Gasteiger partial charge in [0.1, 0.15) is 5.65 Å². The Hall–Kier alpha value is -3.25. The number of rotatable bonds is 6. The summed E-state index contributed by atoms with van der Waals surface area (Å²) in [6, 6.07) is 4.21. The molecule has 0 amide bonds. The highest BCUT2D eigenvalue weighted by atomic mass is 32.2. The van der Waals surface area contributed by atoms with E-state index in [9.17, 15) is 23.1 Å². The standard InChI is InChI=1S/C21H24FN5O5S/c1-11-14(9-12-6-7-13(21(29)30)19(18(12)22)26-33(2,31)32)20(28)27-17(24-11)10-16(25-27)15-5-3-4-8-23-15/h6-7,10,15,23-24,26H,3-5,8-9H2,1-2H3,(H,29,30)/t15-/m0/s1. The highest BCUT2D eigenvalue weighted by Crippen LogP contribution is 2.27. The number of nitrogens with one attached hydrogen (secondary N) is 3. The van der Waals surface area contributed by atoms with E-state index < -0.39 is 38.6 Å². The van der Waals surface area contributed by atoms with Crippen LogP contribution >= 0.6 is 0 Å². The second-order valence-corrected chi connectivity index (χ2v) is 9.97. The number of halogens is 1. The molecule has 1 aliphatic heterocycles. The summed E-state index contributed by atoms with van der Waals surface area (Å²) in [5.74, 6) is -2.53. The van der Waals surface area contributed by atoms with Crippen molar-refractivity contribution in [2.75, 3.05) is 17.5 Å². The van der Waals surface area contributed by atoms with Gasteiger partial charge < -0.3 is 15.4 Å². The van der Waals surface area contributed by atoms with Gasteiger partial charge in [0.2, 0.25) is 10.0 Å². The Labute approximate surface area is 188 Å². The van der Waals surface area contributed by atoms with Gasteiger partial charge in [-0.25, -0.2) is 17.6 Å². The number of carboxylic acids is 1. The number of anilines is 1. The van der Waals surface area contributed by atoms with Crippen LogP contribution in [0, 0.1) is 12.7 Å². The van der Waals surface area contributed by atoms with Crippen molar-refractivity contribution in [3.05, 3.63) is 62.4 Å². The molecule has 176 valence electrons. The number of carbonyl (C=O) groups is 1. The molecule has 3 heterocycles. The van der Waals surface area contributed by atoms with Crippen molar-refractivity contribution in [3.8, 4) is 0 Å². The van der Waals surface area contributed by atoms with E-state index in [-0.39, 0.29) is 23.6 Å². The molecule has 2 aromatic heterocycles. The van der Waals surface area contributed by atoms with Gasteiger partial charge in [-0.1, -0.05) is 12.5 Å². The molecule has 10 nitrogen and oxygen atoms in total. The smallest absolute Gasteiger partial charge is 0.337 e. The molecule has 0 unspecified atom stereocenters. The van der Waals surface area contributed by atoms with E-state index in [0.29, 0.717) is 11.3 Å². The van der Waals surface area contributed by atoms with Gasteiger partial charge in [-0.2, -0.15) is 9.61 Å². The lowest BCUT2D eigenvalue weighted by molar-refractivity contribution is 0.0697. The molecule has 3 aromatic rings. The third-order valence-corrected chi connectivity index (χ3v) is 6.30. The van der Waals surface area contributed by atoms with Gasteiger partial charge in [0.15, 0.2) is 5.82 Å². The Morgan fingerprint density at radius 3 is 2.76 bits per heavy atom. The number of aromatic nitrogens is 3. The number of hydrogen-bond acceptors (Lipinski definition) is 6. The zero-order chi connectivity index (χ0) is 23.9. The summed E-state index contributed by atoms with van der Waals surface area (Å²) in [4.78, 5) is 27.8. The lowest BCUT2D eigenvalue weighted by Gasteiger charge is -2.21. The minimum Gasteiger partial charge on any atom is -0.478 e. The second-order valence-electron chi connectivity index (χ2n) is 8.22. The van der Waals surface area contributed by atoms with Crippen molar-refractivity contribution >= 4 is 27.3 Å². The number of nitrogens with zero attached hydrogens (tertiary/aromatic N) is 2. The molecular formula is C21H24FN5O5S. The number of benzene rings is 1. The summed E-state index contributed by atoms with van der Waals surface area (Å²) in [5.41, 5.74) is 0.363. The normalized spacial score (nSPS) is 16.8. The molecule has 4 rings (SSSR count). The monoisotopic (exact) mass is 477 g/mol. The summed E-state index contributed by atoms with van der Waals surface area (Å²) >= 11 is 0. The number of piperidine rings is 1. The Morgan fingerprint density at radius 2 is 2.12 bits per heavy atom. The van der Waals surface area contributed by atoms with Gasteiger partial charge in [-0.05, 0) is 37.9 Å². The first-order chi connectivity index (χ1) is 15.5. The maximum absolute atomic E-state index is 15.2. The van der Waals surface area contributed by atoms with Crippen molar-refractivity contribution in [2.24, 2.45) is 0 Å². The van der Waals surface area contributed by atoms with Gasteiger partial charge in [-0.15, -0.1) is 0 Å². The molecule has 33 heavy (non-hydrogen) atoms. The summed E-state index contributed by atoms with van der Waals surface area (Å²) in [6.45, 7) is 2.56. The molecule has 1 fully saturated rings. The minimum atomic E-state index is -3.94. The molecular weight excluding hydrogens is 453 g/mol. The summed E-state index contributed by atoms with van der Waals surface area (Å²) in [7, 11) is -3.94. The number of hydrogen-bond donors (Lipinski definition) is 4. The largest absolute Gasteiger partial charge is 0.478 e. The van der Waals surface area contributed by atoms with Crippen LogP contribution < -0.4 is 15.6 Å². The average Bonchev–Trinajstić information content (AvgIpc) is 3.17. The molecule has 4 N–H and O–H groups in total. The minimum absolute atomic E-state index is 0.0274. The van der Waals surface area contributed by atoms with E-state index >= 15 is 4.39 Å². The molecule has 0 aliphatic carbocycles. The maximum Gasteiger partial charge on any atom is 0.337 e. The van der Waals surface area contributed by atoms with Crippen molar-refractivity contribution in [1.29, 1.82) is 0 Å². The second kappa shape index (κ2) is 8.60. The predicted octanol–water partition coefficient (Wildman–Crippen LogP) is 1.95. The van der Waals surface area contributed by atoms with Gasteiger partial charge in [0.05, 0.1) is 29.2 Å². The first-order valence-electron chi connectivity index (χ1n) is 10.4. The number of aromatic carboxylic acids is 1. The highest BCUT2D eigenvalue weighted by Gasteiger charge is 2.23. The fraction of sp³-hybridized carbons (Fsp3) is 0.381. The van der Waals surface area contributed by atoms with Crippen LogP contribution in [0.1, 0.15) is 58.2 Å². The van der Waals surface area contributed by atoms with Crippen LogP contribution in [-0.4, -0.2) is 46.9 Å². The van der Waals surface area contributed by atoms with Crippen LogP contribution in [0.5, 0.6) is 0 Å². The number of aromatic amines is 1. The van der Waals surface area contributed by atoms with E-state index in [1.165, 1.54) is 10.6 Å². The van der Waals surface area contributed by atoms with Crippen LogP contribution in [0.2, 0.25) is 0 Å². The average molecular weight is 478 g/mol. The number of sulfonamides is 1. The SMILES string of the molecule is Cc1[nH]c2cc([C@@H]3CCCCN3)nn2c(=O)c1Cc1ccc(C(=O)O)c(NS(C)(=O)=O)c1F. The first kappa shape index (κ1) is 22.9. The molecule has 1 aromatic carbocycles. The van der Waals surface area contributed by atoms with E-state index in [4.69, 9.17) is 0 Å². The molecule has 0 spiro atoms. The van der Waals surface area contributed by atoms with Crippen molar-refractivity contribution in [1.82, 2.24) is 19.9 Å². The number of H-pyrrole nitrogens is 1. The molecule has 1 aliphatic rings. The predicted molar refractivity (Wildman–Crippen MR) is 120 cm³/mol. The zero-order valence-electron chi connectivity index (χ0n) is 18.1. The topological polar surface area (TPSA) is 146 Å². The lowest BCUT2D eigenvalue weighted by Crippen LogP contribution is -2.27. The zero-order valence-corrected chi connectivity index (χ0v) is 18.9. The van der Waals surface area contributed by atoms with E-state index in [1.54, 1.807) is 6.92 Å². The van der Waals surface area contributed by atoms with Crippen LogP contribution in [0.4, 0.5) is 10.1 Å². The first-order valence-corrected chi connectivity index (χ1v) is 12.3. The third kappa shape index (κ3) is 4.62. The fourth-order valence-electron chi connectivity index (χ4n) is 4.09. The van der Waals surface area contributed by atoms with E-state index in [2.05, 4.69) is 15.4 Å². The fourth-order valence-corrected chi connectivity index (χ4v) is 4.66. The van der Waals surface area contributed by atoms with Gasteiger partial charge >= 0.3 is 5.97 Å². The number of carboxylic acid groups (broad SMARTS) is 1. The Morgan fingerprint density at radius 1 is 1.36 bits per heavy atom. The van der Waals surface area contributed by atoms with Crippen molar-refractivity contribution in [3.63, 3.8) is 0 Å². The lowest BCUT2D eigenvalue weighted by atomic mass is 10.0. The van der Waals surface area contributed by atoms with Crippen LogP contribution in [-0.2, 0) is 16.4 Å². The third-order valence-electron chi connectivity index (χ3n) is 5.72. The van der Waals surface area contributed by atoms with Gasteiger partial charge in [0.25, 0.3) is 5.56 Å². The Bertz CT molecular complexity index is 1410. The van der Waals surface area contributed by atoms with Crippen LogP contribution in [0.25, 0.3) is 5.65 Å². The Kier molecular flexibility index (Phi) is 5.97. The van der Waals surface area contributed by atoms with Crippen LogP contribution in [0.3, 0.4) is 0 Å². The van der Waals surface area contributed by atoms with Crippen LogP contribution in [0.15, 0.2) is 23.0 Å². The molecule has 1 saturated heterocycles. The molecule has 12 heteroatoms. The number of aryl methyl sites for hydroxylation is 1. The van der Waals surface area contributed by atoms with Gasteiger partial charge in [0, 0.05) is 23.7 Å². The van der Waals surface area contributed by atoms with E-state index in [0.717, 1.165) is 43.8 Å². The molecule has 0 bridgehead atoms. The quantitative estimate of drug-likeness (QED) is 0.424. The maximum atomic E-state index is 15.2. The van der Waals surface area contributed by atoms with Crippen molar-refractivity contribution < 1.29 is 22.7 Å². The molecule has 0 saturated carbocycles. The molecule has 0 radical (unpaired) electrons. The highest BCUT2D eigenvalue weighted by molar-refractivity contribution is 7.92. The summed E-state index contributed by atoms with van der Waals surface area (Å²) < 4.78 is 41.7. The number of fused-ring (bicyclic) bond motifs is 1. The Balaban J connectivity index is 1.76. The summed E-state index contributed by atoms with van der Waals surface area (Å²) in [6.07, 6.45) is 3.69. The van der Waals surface area contributed by atoms with E-state index in [1.807, 2.05) is 10.8 Å². The van der Waals surface area contributed by atoms with Crippen molar-refractivity contribution in [2.45, 2.75) is 38.6 Å².